The number of rotatable bonds is 3. The van der Waals surface area contributed by atoms with E-state index in [9.17, 15) is 9.90 Å². The Morgan fingerprint density at radius 3 is 2.80 bits per heavy atom. The monoisotopic (exact) mass is 338 g/mol. The van der Waals surface area contributed by atoms with Crippen molar-refractivity contribution in [2.24, 2.45) is 11.7 Å². The van der Waals surface area contributed by atoms with E-state index in [1.165, 1.54) is 0 Å². The van der Waals surface area contributed by atoms with Crippen molar-refractivity contribution in [3.63, 3.8) is 0 Å². The van der Waals surface area contributed by atoms with E-state index in [0.29, 0.717) is 6.42 Å². The van der Waals surface area contributed by atoms with Gasteiger partial charge < -0.3 is 20.5 Å². The molecule has 2 aliphatic rings. The number of fused-ring (bicyclic) bond motifs is 3. The van der Waals surface area contributed by atoms with E-state index in [1.807, 2.05) is 43.4 Å². The van der Waals surface area contributed by atoms with Gasteiger partial charge in [0.25, 0.3) is 0 Å². The molecular formula is C20H22N2O3. The van der Waals surface area contributed by atoms with Crippen LogP contribution in [0.1, 0.15) is 23.5 Å². The predicted molar refractivity (Wildman–Crippen MR) is 95.4 cm³/mol. The average molecular weight is 338 g/mol. The number of phenolic OH excluding ortho intramolecular Hbond substituents is 1. The molecule has 1 aliphatic heterocycles. The first-order chi connectivity index (χ1) is 12.1. The normalized spacial score (nSPS) is 27.0. The van der Waals surface area contributed by atoms with Crippen LogP contribution in [0.25, 0.3) is 0 Å². The Labute approximate surface area is 147 Å². The Balaban J connectivity index is 1.54. The third kappa shape index (κ3) is 2.65. The molecule has 3 N–H and O–H groups in total. The number of hydrogen-bond donors (Lipinski definition) is 2. The smallest absolute Gasteiger partial charge is 0.311 e. The minimum atomic E-state index is -0.261. The molecule has 0 spiro atoms. The lowest BCUT2D eigenvalue weighted by Gasteiger charge is -2.26. The number of phenols is 1. The Bertz CT molecular complexity index is 793. The van der Waals surface area contributed by atoms with E-state index >= 15 is 0 Å². The van der Waals surface area contributed by atoms with Crippen LogP contribution in [0.2, 0.25) is 0 Å². The Morgan fingerprint density at radius 2 is 2.04 bits per heavy atom. The van der Waals surface area contributed by atoms with Gasteiger partial charge in [-0.15, -0.1) is 0 Å². The van der Waals surface area contributed by atoms with Gasteiger partial charge in [0, 0.05) is 24.7 Å². The third-order valence-corrected chi connectivity index (χ3v) is 5.49. The zero-order valence-electron chi connectivity index (χ0n) is 14.1. The highest BCUT2D eigenvalue weighted by molar-refractivity contribution is 5.78. The van der Waals surface area contributed by atoms with Gasteiger partial charge >= 0.3 is 5.97 Å². The molecular weight excluding hydrogens is 316 g/mol. The van der Waals surface area contributed by atoms with E-state index in [4.69, 9.17) is 10.5 Å². The first-order valence-electron chi connectivity index (χ1n) is 8.58. The summed E-state index contributed by atoms with van der Waals surface area (Å²) in [7, 11) is 1.98. The van der Waals surface area contributed by atoms with Crippen LogP contribution in [0.4, 0.5) is 5.69 Å². The second-order valence-electron chi connectivity index (χ2n) is 6.97. The molecule has 0 saturated heterocycles. The summed E-state index contributed by atoms with van der Waals surface area (Å²) in [5.74, 6) is -0.185. The Kier molecular flexibility index (Phi) is 3.88. The summed E-state index contributed by atoms with van der Waals surface area (Å²) < 4.78 is 5.57. The molecule has 25 heavy (non-hydrogen) atoms. The molecule has 1 heterocycles. The van der Waals surface area contributed by atoms with Crippen LogP contribution >= 0.6 is 0 Å². The second kappa shape index (κ2) is 6.08. The molecule has 0 amide bonds. The lowest BCUT2D eigenvalue weighted by Crippen LogP contribution is -2.38. The zero-order valence-corrected chi connectivity index (χ0v) is 14.1. The number of benzene rings is 2. The second-order valence-corrected chi connectivity index (χ2v) is 6.97. The molecule has 0 aromatic heterocycles. The first kappa shape index (κ1) is 16.0. The number of hydrogen-bond acceptors (Lipinski definition) is 5. The lowest BCUT2D eigenvalue weighted by molar-refractivity contribution is -0.150. The summed E-state index contributed by atoms with van der Waals surface area (Å²) in [6.45, 7) is 0.278. The largest absolute Gasteiger partial charge is 0.508 e. The maximum atomic E-state index is 12.7. The molecule has 1 fully saturated rings. The van der Waals surface area contributed by atoms with Gasteiger partial charge in [0.05, 0.1) is 12.0 Å². The van der Waals surface area contributed by atoms with E-state index in [1.54, 1.807) is 12.1 Å². The highest BCUT2D eigenvalue weighted by atomic mass is 16.5. The fourth-order valence-electron chi connectivity index (χ4n) is 4.37. The number of likely N-dealkylation sites (N-methyl/N-ethyl adjacent to an activating group) is 1. The van der Waals surface area contributed by atoms with Crippen molar-refractivity contribution in [2.45, 2.75) is 31.0 Å². The topological polar surface area (TPSA) is 75.8 Å². The third-order valence-electron chi connectivity index (χ3n) is 5.49. The molecule has 5 heteroatoms. The van der Waals surface area contributed by atoms with E-state index in [-0.39, 0.29) is 42.2 Å². The fraction of sp³-hybridized carbons (Fsp3) is 0.350. The minimum Gasteiger partial charge on any atom is -0.508 e. The molecule has 2 aromatic rings. The number of carbonyl (C=O) groups excluding carboxylic acids is 1. The molecule has 1 aliphatic carbocycles. The van der Waals surface area contributed by atoms with Crippen molar-refractivity contribution in [2.75, 3.05) is 11.9 Å². The maximum absolute atomic E-state index is 12.7. The number of nitrogens with zero attached hydrogens (tertiary/aromatic N) is 1. The molecule has 2 aromatic carbocycles. The molecule has 0 radical (unpaired) electrons. The lowest BCUT2D eigenvalue weighted by atomic mass is 9.93. The average Bonchev–Trinajstić information content (AvgIpc) is 3.10. The molecule has 4 rings (SSSR count). The number of esters is 1. The van der Waals surface area contributed by atoms with Gasteiger partial charge in [0.1, 0.15) is 12.4 Å². The van der Waals surface area contributed by atoms with Crippen LogP contribution < -0.4 is 10.6 Å². The number of anilines is 1. The highest BCUT2D eigenvalue weighted by Crippen LogP contribution is 2.51. The molecule has 1 saturated carbocycles. The first-order valence-corrected chi connectivity index (χ1v) is 8.58. The van der Waals surface area contributed by atoms with E-state index in [2.05, 4.69) is 4.90 Å². The number of carbonyl (C=O) groups is 1. The van der Waals surface area contributed by atoms with Gasteiger partial charge in [0.2, 0.25) is 0 Å². The van der Waals surface area contributed by atoms with Crippen molar-refractivity contribution < 1.29 is 14.6 Å². The summed E-state index contributed by atoms with van der Waals surface area (Å²) in [5, 5.41) is 9.82. The number of ether oxygens (including phenoxy) is 1. The molecule has 4 atom stereocenters. The van der Waals surface area contributed by atoms with Crippen molar-refractivity contribution in [1.29, 1.82) is 0 Å². The summed E-state index contributed by atoms with van der Waals surface area (Å²) in [6.07, 6.45) is 0.600. The van der Waals surface area contributed by atoms with Crippen molar-refractivity contribution in [3.8, 4) is 5.75 Å². The quantitative estimate of drug-likeness (QED) is 0.841. The van der Waals surface area contributed by atoms with Crippen LogP contribution in [-0.2, 0) is 16.1 Å². The maximum Gasteiger partial charge on any atom is 0.311 e. The van der Waals surface area contributed by atoms with Crippen molar-refractivity contribution in [3.05, 3.63) is 59.7 Å². The summed E-state index contributed by atoms with van der Waals surface area (Å²) >= 11 is 0. The van der Waals surface area contributed by atoms with Crippen molar-refractivity contribution >= 4 is 11.7 Å². The summed E-state index contributed by atoms with van der Waals surface area (Å²) in [5.41, 5.74) is 9.40. The van der Waals surface area contributed by atoms with Crippen LogP contribution in [0.3, 0.4) is 0 Å². The van der Waals surface area contributed by atoms with Gasteiger partial charge in [-0.2, -0.15) is 0 Å². The molecule has 4 unspecified atom stereocenters. The Morgan fingerprint density at radius 1 is 1.28 bits per heavy atom. The van der Waals surface area contributed by atoms with Gasteiger partial charge in [-0.05, 0) is 35.7 Å². The van der Waals surface area contributed by atoms with Gasteiger partial charge in [-0.3, -0.25) is 4.79 Å². The van der Waals surface area contributed by atoms with Crippen LogP contribution in [0, 0.1) is 5.92 Å². The van der Waals surface area contributed by atoms with Gasteiger partial charge in [-0.1, -0.05) is 30.3 Å². The Hall–Kier alpha value is -2.53. The molecule has 0 bridgehead atoms. The van der Waals surface area contributed by atoms with Crippen molar-refractivity contribution in [1.82, 2.24) is 0 Å². The minimum absolute atomic E-state index is 0.0185. The number of aromatic hydroxyl groups is 1. The van der Waals surface area contributed by atoms with Crippen LogP contribution in [0.15, 0.2) is 48.5 Å². The van der Waals surface area contributed by atoms with Gasteiger partial charge in [0.15, 0.2) is 0 Å². The predicted octanol–water partition coefficient (Wildman–Crippen LogP) is 2.38. The number of nitrogens with two attached hydrogens (primary N) is 1. The van der Waals surface area contributed by atoms with E-state index < -0.39 is 0 Å². The summed E-state index contributed by atoms with van der Waals surface area (Å²) in [6, 6.07) is 14.9. The zero-order chi connectivity index (χ0) is 17.6. The van der Waals surface area contributed by atoms with Gasteiger partial charge in [-0.25, -0.2) is 0 Å². The summed E-state index contributed by atoms with van der Waals surface area (Å²) in [4.78, 5) is 14.8. The van der Waals surface area contributed by atoms with Crippen LogP contribution in [0.5, 0.6) is 5.75 Å². The highest BCUT2D eigenvalue weighted by Gasteiger charge is 2.53. The van der Waals surface area contributed by atoms with Crippen LogP contribution in [-0.4, -0.2) is 30.2 Å². The SMILES string of the molecule is CN1c2ccc(O)cc2C2C(N)CC(C(=O)OCc3ccccc3)C21. The standard InChI is InChI=1S/C20H22N2O3/c1-22-17-8-7-13(23)9-14(17)18-16(21)10-15(19(18)22)20(24)25-11-12-5-3-2-4-6-12/h2-9,15-16,18-19,23H,10-11,21H2,1H3. The van der Waals surface area contributed by atoms with E-state index in [0.717, 1.165) is 16.8 Å². The molecule has 130 valence electrons. The molecule has 5 nitrogen and oxygen atoms in total. The fourth-order valence-corrected chi connectivity index (χ4v) is 4.37.